The molecule has 0 bridgehead atoms. The van der Waals surface area contributed by atoms with Gasteiger partial charge in [0.05, 0.1) is 6.61 Å². The number of hydrogen-bond donors (Lipinski definition) is 4. The van der Waals surface area contributed by atoms with E-state index in [1.54, 1.807) is 12.1 Å². The molecule has 1 aliphatic rings. The van der Waals surface area contributed by atoms with Gasteiger partial charge in [-0.2, -0.15) is 0 Å². The van der Waals surface area contributed by atoms with Gasteiger partial charge < -0.3 is 25.2 Å². The molecule has 1 heterocycles. The van der Waals surface area contributed by atoms with Gasteiger partial charge in [0, 0.05) is 5.02 Å². The Morgan fingerprint density at radius 3 is 2.32 bits per heavy atom. The minimum atomic E-state index is -1.28. The molecule has 0 aliphatic carbocycles. The first-order valence-electron chi connectivity index (χ1n) is 9.49. The Hall–Kier alpha value is -1.47. The van der Waals surface area contributed by atoms with E-state index in [0.717, 1.165) is 11.1 Å². The summed E-state index contributed by atoms with van der Waals surface area (Å²) in [5.74, 6) is 0.468. The smallest absolute Gasteiger partial charge is 0.115 e. The lowest BCUT2D eigenvalue weighted by Gasteiger charge is -2.19. The number of aliphatic hydroxyl groups excluding tert-OH is 4. The van der Waals surface area contributed by atoms with Crippen molar-refractivity contribution >= 4 is 11.6 Å². The molecule has 4 N–H and O–H groups in total. The van der Waals surface area contributed by atoms with Gasteiger partial charge in [-0.05, 0) is 40.7 Å². The zero-order valence-corrected chi connectivity index (χ0v) is 16.8. The number of ether oxygens (including phenoxy) is 1. The van der Waals surface area contributed by atoms with Gasteiger partial charge >= 0.3 is 0 Å². The van der Waals surface area contributed by atoms with Crippen molar-refractivity contribution in [1.82, 2.24) is 0 Å². The second-order valence-electron chi connectivity index (χ2n) is 7.68. The van der Waals surface area contributed by atoms with E-state index in [2.05, 4.69) is 38.1 Å². The molecule has 3 rings (SSSR count). The van der Waals surface area contributed by atoms with E-state index < -0.39 is 37.1 Å². The quantitative estimate of drug-likeness (QED) is 0.592. The minimum absolute atomic E-state index is 0.468. The van der Waals surface area contributed by atoms with Gasteiger partial charge in [-0.15, -0.1) is 0 Å². The van der Waals surface area contributed by atoms with Crippen LogP contribution in [0.3, 0.4) is 0 Å². The summed E-state index contributed by atoms with van der Waals surface area (Å²) in [4.78, 5) is 0. The molecular formula is C22H27ClO5. The van der Waals surface area contributed by atoms with Crippen LogP contribution in [0.5, 0.6) is 0 Å². The van der Waals surface area contributed by atoms with Crippen LogP contribution in [-0.4, -0.2) is 51.4 Å². The first-order valence-corrected chi connectivity index (χ1v) is 9.87. The maximum Gasteiger partial charge on any atom is 0.115 e. The van der Waals surface area contributed by atoms with Gasteiger partial charge in [-0.1, -0.05) is 61.8 Å². The Balaban J connectivity index is 1.81. The molecule has 6 heteroatoms. The van der Waals surface area contributed by atoms with Crippen molar-refractivity contribution in [3.05, 3.63) is 69.7 Å². The highest BCUT2D eigenvalue weighted by Crippen LogP contribution is 2.36. The molecule has 0 saturated carbocycles. The van der Waals surface area contributed by atoms with Gasteiger partial charge in [0.15, 0.2) is 0 Å². The Morgan fingerprint density at radius 2 is 1.71 bits per heavy atom. The van der Waals surface area contributed by atoms with Gasteiger partial charge in [0.1, 0.15) is 30.5 Å². The molecular weight excluding hydrogens is 380 g/mol. The van der Waals surface area contributed by atoms with Gasteiger partial charge in [-0.3, -0.25) is 0 Å². The third-order valence-corrected chi connectivity index (χ3v) is 5.67. The third kappa shape index (κ3) is 4.40. The monoisotopic (exact) mass is 406 g/mol. The standard InChI is InChI=1S/C22H27ClO5/c1-12(2)14-5-3-13(4-6-14)9-16-10-15(7-8-17(16)23)21-19(26)20(27)22(28-21)18(25)11-24/h3-8,10,12,18-22,24-27H,9,11H2,1-2H3/t18-,19-,20-,21+,22-/m1/s1. The maximum absolute atomic E-state index is 10.4. The van der Waals surface area contributed by atoms with Crippen molar-refractivity contribution in [3.63, 3.8) is 0 Å². The highest BCUT2D eigenvalue weighted by molar-refractivity contribution is 6.31. The van der Waals surface area contributed by atoms with Gasteiger partial charge in [-0.25, -0.2) is 0 Å². The Labute approximate surface area is 170 Å². The van der Waals surface area contributed by atoms with Crippen molar-refractivity contribution < 1.29 is 25.2 Å². The molecule has 1 aliphatic heterocycles. The molecule has 2 aromatic carbocycles. The van der Waals surface area contributed by atoms with E-state index in [-0.39, 0.29) is 0 Å². The van der Waals surface area contributed by atoms with Gasteiger partial charge in [0.2, 0.25) is 0 Å². The summed E-state index contributed by atoms with van der Waals surface area (Å²) >= 11 is 6.38. The molecule has 1 saturated heterocycles. The number of halogens is 1. The summed E-state index contributed by atoms with van der Waals surface area (Å²) in [6, 6.07) is 13.7. The summed E-state index contributed by atoms with van der Waals surface area (Å²) in [5, 5.41) is 40.0. The molecule has 0 amide bonds. The lowest BCUT2D eigenvalue weighted by Crippen LogP contribution is -2.40. The molecule has 0 spiro atoms. The molecule has 0 unspecified atom stereocenters. The predicted octanol–water partition coefficient (Wildman–Crippen LogP) is 2.57. The van der Waals surface area contributed by atoms with Crippen molar-refractivity contribution in [2.24, 2.45) is 0 Å². The topological polar surface area (TPSA) is 90.2 Å². The first kappa shape index (κ1) is 21.2. The maximum atomic E-state index is 10.4. The summed E-state index contributed by atoms with van der Waals surface area (Å²) in [5.41, 5.74) is 3.93. The molecule has 1 fully saturated rings. The Bertz CT molecular complexity index is 792. The highest BCUT2D eigenvalue weighted by Gasteiger charge is 2.46. The second-order valence-corrected chi connectivity index (χ2v) is 8.08. The van der Waals surface area contributed by atoms with Crippen molar-refractivity contribution in [1.29, 1.82) is 0 Å². The van der Waals surface area contributed by atoms with Crippen LogP contribution >= 0.6 is 11.6 Å². The van der Waals surface area contributed by atoms with Crippen molar-refractivity contribution in [2.45, 2.75) is 56.7 Å². The van der Waals surface area contributed by atoms with E-state index in [1.165, 1.54) is 5.56 Å². The van der Waals surface area contributed by atoms with E-state index in [4.69, 9.17) is 21.4 Å². The van der Waals surface area contributed by atoms with E-state index >= 15 is 0 Å². The number of benzene rings is 2. The Morgan fingerprint density at radius 1 is 1.04 bits per heavy atom. The fourth-order valence-electron chi connectivity index (χ4n) is 3.55. The van der Waals surface area contributed by atoms with Crippen molar-refractivity contribution in [3.8, 4) is 0 Å². The number of rotatable bonds is 6. The lowest BCUT2D eigenvalue weighted by atomic mass is 9.95. The average Bonchev–Trinajstić information content (AvgIpc) is 2.98. The third-order valence-electron chi connectivity index (χ3n) is 5.31. The molecule has 0 aromatic heterocycles. The van der Waals surface area contributed by atoms with E-state index in [1.807, 2.05) is 6.07 Å². The molecule has 28 heavy (non-hydrogen) atoms. The normalized spacial score (nSPS) is 26.0. The van der Waals surface area contributed by atoms with E-state index in [0.29, 0.717) is 22.9 Å². The van der Waals surface area contributed by atoms with Crippen molar-refractivity contribution in [2.75, 3.05) is 6.61 Å². The van der Waals surface area contributed by atoms with Crippen LogP contribution in [0.25, 0.3) is 0 Å². The molecule has 152 valence electrons. The van der Waals surface area contributed by atoms with Gasteiger partial charge in [0.25, 0.3) is 0 Å². The lowest BCUT2D eigenvalue weighted by molar-refractivity contribution is -0.0820. The fourth-order valence-corrected chi connectivity index (χ4v) is 3.73. The predicted molar refractivity (Wildman–Crippen MR) is 108 cm³/mol. The van der Waals surface area contributed by atoms with Crippen LogP contribution in [0.15, 0.2) is 42.5 Å². The van der Waals surface area contributed by atoms with Crippen LogP contribution in [-0.2, 0) is 11.2 Å². The van der Waals surface area contributed by atoms with E-state index in [9.17, 15) is 15.3 Å². The zero-order valence-electron chi connectivity index (χ0n) is 16.0. The van der Waals surface area contributed by atoms with Crippen LogP contribution in [0, 0.1) is 0 Å². The average molecular weight is 407 g/mol. The van der Waals surface area contributed by atoms with Crippen LogP contribution in [0.2, 0.25) is 5.02 Å². The zero-order chi connectivity index (χ0) is 20.4. The molecule has 5 atom stereocenters. The molecule has 2 aromatic rings. The minimum Gasteiger partial charge on any atom is -0.394 e. The summed E-state index contributed by atoms with van der Waals surface area (Å²) in [6.45, 7) is 3.74. The largest absolute Gasteiger partial charge is 0.394 e. The van der Waals surface area contributed by atoms with Crippen LogP contribution in [0.4, 0.5) is 0 Å². The summed E-state index contributed by atoms with van der Waals surface area (Å²) < 4.78 is 5.66. The second kappa shape index (κ2) is 8.91. The molecule has 5 nitrogen and oxygen atoms in total. The number of hydrogen-bond acceptors (Lipinski definition) is 5. The molecule has 0 radical (unpaired) electrons. The first-order chi connectivity index (χ1) is 13.3. The van der Waals surface area contributed by atoms with Crippen LogP contribution < -0.4 is 0 Å². The van der Waals surface area contributed by atoms with Crippen LogP contribution in [0.1, 0.15) is 48.1 Å². The summed E-state index contributed by atoms with van der Waals surface area (Å²) in [6.07, 6.45) is -4.98. The Kier molecular flexibility index (Phi) is 6.76. The fraction of sp³-hybridized carbons (Fsp3) is 0.455. The summed E-state index contributed by atoms with van der Waals surface area (Å²) in [7, 11) is 0. The highest BCUT2D eigenvalue weighted by atomic mass is 35.5. The SMILES string of the molecule is CC(C)c1ccc(Cc2cc([C@@H]3O[C@H]([C@H](O)CO)[C@H](O)[C@H]3O)ccc2Cl)cc1. The number of aliphatic hydroxyl groups is 4.